The van der Waals surface area contributed by atoms with Gasteiger partial charge in [0, 0.05) is 29.0 Å². The van der Waals surface area contributed by atoms with E-state index in [1.54, 1.807) is 24.4 Å². The first-order valence-corrected chi connectivity index (χ1v) is 7.23. The van der Waals surface area contributed by atoms with Crippen molar-refractivity contribution in [1.29, 1.82) is 0 Å². The van der Waals surface area contributed by atoms with Crippen LogP contribution in [0.5, 0.6) is 11.5 Å². The van der Waals surface area contributed by atoms with Gasteiger partial charge in [0.15, 0.2) is 16.5 Å². The summed E-state index contributed by atoms with van der Waals surface area (Å²) in [6.07, 6.45) is 1.74. The summed E-state index contributed by atoms with van der Waals surface area (Å²) in [5.74, 6) is 1.07. The molecule has 1 amide bonds. The van der Waals surface area contributed by atoms with Gasteiger partial charge in [-0.3, -0.25) is 9.20 Å². The van der Waals surface area contributed by atoms with E-state index < -0.39 is 0 Å². The van der Waals surface area contributed by atoms with Crippen LogP contribution in [-0.4, -0.2) is 22.1 Å². The highest BCUT2D eigenvalue weighted by Gasteiger charge is 2.16. The Balaban J connectivity index is 1.60. The summed E-state index contributed by atoms with van der Waals surface area (Å²) in [5, 5.41) is 4.81. The van der Waals surface area contributed by atoms with Gasteiger partial charge in [0.1, 0.15) is 5.69 Å². The molecule has 3 heterocycles. The van der Waals surface area contributed by atoms with Crippen molar-refractivity contribution in [3.05, 3.63) is 41.2 Å². The molecule has 0 saturated carbocycles. The average molecular weight is 301 g/mol. The molecule has 0 spiro atoms. The zero-order valence-electron chi connectivity index (χ0n) is 11.1. The largest absolute Gasteiger partial charge is 0.454 e. The van der Waals surface area contributed by atoms with E-state index in [9.17, 15) is 4.79 Å². The predicted molar refractivity (Wildman–Crippen MR) is 78.3 cm³/mol. The molecule has 0 atom stereocenters. The van der Waals surface area contributed by atoms with E-state index in [0.717, 1.165) is 10.7 Å². The number of nitrogens with one attached hydrogen (secondary N) is 1. The van der Waals surface area contributed by atoms with E-state index in [1.165, 1.54) is 11.3 Å². The maximum atomic E-state index is 12.2. The normalized spacial score (nSPS) is 12.8. The molecular formula is C14H11N3O3S. The Bertz CT molecular complexity index is 852. The van der Waals surface area contributed by atoms with E-state index in [0.29, 0.717) is 22.9 Å². The molecule has 0 unspecified atom stereocenters. The summed E-state index contributed by atoms with van der Waals surface area (Å²) >= 11 is 1.51. The van der Waals surface area contributed by atoms with Crippen LogP contribution < -0.4 is 14.8 Å². The lowest BCUT2D eigenvalue weighted by Gasteiger charge is -2.04. The minimum absolute atomic E-state index is 0.212. The quantitative estimate of drug-likeness (QED) is 0.790. The lowest BCUT2D eigenvalue weighted by Crippen LogP contribution is -2.12. The molecule has 1 aliphatic rings. The van der Waals surface area contributed by atoms with Crippen molar-refractivity contribution >= 4 is 27.9 Å². The lowest BCUT2D eigenvalue weighted by atomic mass is 10.2. The Kier molecular flexibility index (Phi) is 2.61. The number of benzene rings is 1. The van der Waals surface area contributed by atoms with Gasteiger partial charge < -0.3 is 14.8 Å². The van der Waals surface area contributed by atoms with Gasteiger partial charge in [0.2, 0.25) is 6.79 Å². The fourth-order valence-corrected chi connectivity index (χ4v) is 3.02. The van der Waals surface area contributed by atoms with Crippen molar-refractivity contribution in [1.82, 2.24) is 9.38 Å². The number of amides is 1. The average Bonchev–Trinajstić information content (AvgIpc) is 3.16. The summed E-state index contributed by atoms with van der Waals surface area (Å²) in [6.45, 7) is 2.19. The van der Waals surface area contributed by atoms with Crippen LogP contribution >= 0.6 is 11.3 Å². The van der Waals surface area contributed by atoms with Gasteiger partial charge in [-0.05, 0) is 19.1 Å². The van der Waals surface area contributed by atoms with Gasteiger partial charge in [-0.25, -0.2) is 4.98 Å². The van der Waals surface area contributed by atoms with Crippen LogP contribution in [0, 0.1) is 6.92 Å². The summed E-state index contributed by atoms with van der Waals surface area (Å²) in [4.78, 5) is 17.4. The van der Waals surface area contributed by atoms with Crippen LogP contribution in [0.1, 0.15) is 16.2 Å². The molecule has 6 nitrogen and oxygen atoms in total. The third kappa shape index (κ3) is 2.02. The van der Waals surface area contributed by atoms with Crippen molar-refractivity contribution in [3.8, 4) is 11.5 Å². The Morgan fingerprint density at radius 2 is 2.24 bits per heavy atom. The third-order valence-electron chi connectivity index (χ3n) is 3.25. The van der Waals surface area contributed by atoms with Crippen molar-refractivity contribution < 1.29 is 14.3 Å². The number of carbonyl (C=O) groups excluding carboxylic acids is 1. The Morgan fingerprint density at radius 1 is 1.38 bits per heavy atom. The molecule has 1 aliphatic heterocycles. The van der Waals surface area contributed by atoms with Gasteiger partial charge in [0.05, 0.1) is 0 Å². The van der Waals surface area contributed by atoms with E-state index in [4.69, 9.17) is 9.47 Å². The van der Waals surface area contributed by atoms with Crippen molar-refractivity contribution in [2.45, 2.75) is 6.92 Å². The molecule has 7 heteroatoms. The van der Waals surface area contributed by atoms with Gasteiger partial charge >= 0.3 is 0 Å². The first kappa shape index (κ1) is 12.2. The van der Waals surface area contributed by atoms with E-state index in [1.807, 2.05) is 16.7 Å². The number of carbonyl (C=O) groups is 1. The zero-order chi connectivity index (χ0) is 14.4. The van der Waals surface area contributed by atoms with Gasteiger partial charge in [-0.2, -0.15) is 0 Å². The number of hydrogen-bond acceptors (Lipinski definition) is 5. The molecule has 3 aromatic rings. The maximum Gasteiger partial charge on any atom is 0.275 e. The van der Waals surface area contributed by atoms with Gasteiger partial charge in [0.25, 0.3) is 5.91 Å². The second-order valence-corrected chi connectivity index (χ2v) is 5.51. The molecular weight excluding hydrogens is 290 g/mol. The lowest BCUT2D eigenvalue weighted by molar-refractivity contribution is 0.102. The van der Waals surface area contributed by atoms with Crippen LogP contribution in [0.3, 0.4) is 0 Å². The summed E-state index contributed by atoms with van der Waals surface area (Å²) < 4.78 is 12.4. The molecule has 0 bridgehead atoms. The Hall–Kier alpha value is -2.54. The number of anilines is 1. The van der Waals surface area contributed by atoms with Crippen molar-refractivity contribution in [3.63, 3.8) is 0 Å². The van der Waals surface area contributed by atoms with Crippen LogP contribution in [0.15, 0.2) is 29.8 Å². The third-order valence-corrected chi connectivity index (χ3v) is 4.21. The highest BCUT2D eigenvalue weighted by Crippen LogP contribution is 2.34. The number of fused-ring (bicyclic) bond motifs is 2. The summed E-state index contributed by atoms with van der Waals surface area (Å²) in [7, 11) is 0. The minimum Gasteiger partial charge on any atom is -0.454 e. The van der Waals surface area contributed by atoms with E-state index in [-0.39, 0.29) is 12.7 Å². The number of rotatable bonds is 2. The zero-order valence-corrected chi connectivity index (χ0v) is 11.9. The van der Waals surface area contributed by atoms with Crippen molar-refractivity contribution in [2.75, 3.05) is 12.1 Å². The second-order valence-electron chi connectivity index (χ2n) is 4.68. The molecule has 1 aromatic carbocycles. The molecule has 4 rings (SSSR count). The predicted octanol–water partition coefficient (Wildman–Crippen LogP) is 2.69. The first-order chi connectivity index (χ1) is 10.2. The molecule has 0 radical (unpaired) electrons. The number of aryl methyl sites for hydroxylation is 1. The summed E-state index contributed by atoms with van der Waals surface area (Å²) in [6, 6.07) is 5.28. The standard InChI is InChI=1S/C14H11N3O3S/c1-8-6-21-14-16-10(5-17(8)14)13(18)15-9-2-3-11-12(4-9)20-7-19-11/h2-6H,7H2,1H3,(H,15,18). The Labute approximate surface area is 123 Å². The number of ether oxygens (including phenoxy) is 2. The molecule has 1 N–H and O–H groups in total. The highest BCUT2D eigenvalue weighted by atomic mass is 32.1. The summed E-state index contributed by atoms with van der Waals surface area (Å²) in [5.41, 5.74) is 2.10. The number of imidazole rings is 1. The SMILES string of the molecule is Cc1csc2nc(C(=O)Nc3ccc4c(c3)OCO4)cn12. The first-order valence-electron chi connectivity index (χ1n) is 6.35. The van der Waals surface area contributed by atoms with E-state index >= 15 is 0 Å². The number of thiazole rings is 1. The number of hydrogen-bond donors (Lipinski definition) is 1. The highest BCUT2D eigenvalue weighted by molar-refractivity contribution is 7.15. The topological polar surface area (TPSA) is 64.9 Å². The molecule has 0 fully saturated rings. The molecule has 0 aliphatic carbocycles. The molecule has 106 valence electrons. The minimum atomic E-state index is -0.246. The Morgan fingerprint density at radius 3 is 3.10 bits per heavy atom. The van der Waals surface area contributed by atoms with Crippen LogP contribution in [0.25, 0.3) is 4.96 Å². The monoisotopic (exact) mass is 301 g/mol. The fourth-order valence-electron chi connectivity index (χ4n) is 2.17. The smallest absolute Gasteiger partial charge is 0.275 e. The van der Waals surface area contributed by atoms with Crippen LogP contribution in [0.2, 0.25) is 0 Å². The molecule has 21 heavy (non-hydrogen) atoms. The fraction of sp³-hybridized carbons (Fsp3) is 0.143. The van der Waals surface area contributed by atoms with Gasteiger partial charge in [-0.1, -0.05) is 0 Å². The van der Waals surface area contributed by atoms with Crippen LogP contribution in [0.4, 0.5) is 5.69 Å². The van der Waals surface area contributed by atoms with Gasteiger partial charge in [-0.15, -0.1) is 11.3 Å². The van der Waals surface area contributed by atoms with E-state index in [2.05, 4.69) is 10.3 Å². The molecule has 0 saturated heterocycles. The number of aromatic nitrogens is 2. The maximum absolute atomic E-state index is 12.2. The van der Waals surface area contributed by atoms with Crippen molar-refractivity contribution in [2.24, 2.45) is 0 Å². The molecule has 2 aromatic heterocycles. The van der Waals surface area contributed by atoms with Crippen LogP contribution in [-0.2, 0) is 0 Å². The second kappa shape index (κ2) is 4.49. The number of nitrogens with zero attached hydrogens (tertiary/aromatic N) is 2.